The second-order valence-corrected chi connectivity index (χ2v) is 4.92. The molecule has 0 atom stereocenters. The summed E-state index contributed by atoms with van der Waals surface area (Å²) in [6, 6.07) is 5.28. The zero-order chi connectivity index (χ0) is 13.2. The molecule has 0 aliphatic carbocycles. The zero-order valence-electron chi connectivity index (χ0n) is 11.0. The van der Waals surface area contributed by atoms with Crippen molar-refractivity contribution in [1.29, 1.82) is 0 Å². The van der Waals surface area contributed by atoms with Crippen LogP contribution in [0.15, 0.2) is 18.2 Å². The summed E-state index contributed by atoms with van der Waals surface area (Å²) < 4.78 is 16.1. The van der Waals surface area contributed by atoms with Crippen LogP contribution in [0, 0.1) is 0 Å². The van der Waals surface area contributed by atoms with Gasteiger partial charge in [-0.25, -0.2) is 0 Å². The molecule has 0 N–H and O–H groups in total. The quantitative estimate of drug-likeness (QED) is 0.770. The predicted octanol–water partition coefficient (Wildman–Crippen LogP) is 2.46. The summed E-state index contributed by atoms with van der Waals surface area (Å²) in [5.74, 6) is 1.38. The van der Waals surface area contributed by atoms with Crippen molar-refractivity contribution >= 4 is 5.78 Å². The number of hydrogen-bond acceptors (Lipinski definition) is 4. The monoisotopic (exact) mass is 250 g/mol. The Balaban J connectivity index is 2.16. The highest BCUT2D eigenvalue weighted by Crippen LogP contribution is 2.31. The Kier molecular flexibility index (Phi) is 3.57. The highest BCUT2D eigenvalue weighted by Gasteiger charge is 2.23. The average Bonchev–Trinajstić information content (AvgIpc) is 2.37. The van der Waals surface area contributed by atoms with Gasteiger partial charge >= 0.3 is 0 Å². The molecular weight excluding hydrogens is 232 g/mol. The lowest BCUT2D eigenvalue weighted by atomic mass is 9.97. The van der Waals surface area contributed by atoms with Crippen LogP contribution in [0.4, 0.5) is 0 Å². The van der Waals surface area contributed by atoms with Gasteiger partial charge in [0, 0.05) is 19.1 Å². The van der Waals surface area contributed by atoms with Gasteiger partial charge in [0.15, 0.2) is 17.3 Å². The van der Waals surface area contributed by atoms with E-state index in [2.05, 4.69) is 0 Å². The standard InChI is InChI=1S/C14H18O4/c1-14(2,16-3)9-11(15)10-4-5-12-13(8-10)18-7-6-17-12/h4-5,8H,6-7,9H2,1-3H3. The second-order valence-electron chi connectivity index (χ2n) is 4.92. The van der Waals surface area contributed by atoms with Gasteiger partial charge in [-0.15, -0.1) is 0 Å². The smallest absolute Gasteiger partial charge is 0.165 e. The third kappa shape index (κ3) is 2.82. The van der Waals surface area contributed by atoms with Gasteiger partial charge in [0.25, 0.3) is 0 Å². The lowest BCUT2D eigenvalue weighted by molar-refractivity contribution is 0.0172. The molecule has 0 saturated heterocycles. The Morgan fingerprint density at radius 3 is 2.61 bits per heavy atom. The van der Waals surface area contributed by atoms with Crippen molar-refractivity contribution < 1.29 is 19.0 Å². The third-order valence-corrected chi connectivity index (χ3v) is 3.00. The topological polar surface area (TPSA) is 44.8 Å². The van der Waals surface area contributed by atoms with Crippen LogP contribution in [0.2, 0.25) is 0 Å². The number of carbonyl (C=O) groups excluding carboxylic acids is 1. The number of carbonyl (C=O) groups is 1. The number of benzene rings is 1. The Morgan fingerprint density at radius 2 is 1.94 bits per heavy atom. The van der Waals surface area contributed by atoms with Gasteiger partial charge in [0.2, 0.25) is 0 Å². The number of hydrogen-bond donors (Lipinski definition) is 0. The SMILES string of the molecule is COC(C)(C)CC(=O)c1ccc2c(c1)OCCO2. The van der Waals surface area contributed by atoms with Crippen molar-refractivity contribution in [3.8, 4) is 11.5 Å². The summed E-state index contributed by atoms with van der Waals surface area (Å²) in [4.78, 5) is 12.1. The van der Waals surface area contributed by atoms with E-state index < -0.39 is 5.60 Å². The first-order valence-corrected chi connectivity index (χ1v) is 6.00. The molecule has 98 valence electrons. The fraction of sp³-hybridized carbons (Fsp3) is 0.500. The minimum absolute atomic E-state index is 0.0406. The zero-order valence-corrected chi connectivity index (χ0v) is 11.0. The van der Waals surface area contributed by atoms with E-state index in [9.17, 15) is 4.79 Å². The Labute approximate surface area is 107 Å². The molecule has 0 unspecified atom stereocenters. The fourth-order valence-corrected chi connectivity index (χ4v) is 1.78. The van der Waals surface area contributed by atoms with Crippen molar-refractivity contribution in [3.63, 3.8) is 0 Å². The average molecular weight is 250 g/mol. The first-order chi connectivity index (χ1) is 8.52. The highest BCUT2D eigenvalue weighted by atomic mass is 16.6. The van der Waals surface area contributed by atoms with E-state index in [-0.39, 0.29) is 5.78 Å². The Morgan fingerprint density at radius 1 is 1.28 bits per heavy atom. The van der Waals surface area contributed by atoms with E-state index in [0.717, 1.165) is 0 Å². The van der Waals surface area contributed by atoms with E-state index >= 15 is 0 Å². The summed E-state index contributed by atoms with van der Waals surface area (Å²) in [6.45, 7) is 4.86. The predicted molar refractivity (Wildman–Crippen MR) is 67.5 cm³/mol. The van der Waals surface area contributed by atoms with Gasteiger partial charge < -0.3 is 14.2 Å². The maximum atomic E-state index is 12.1. The molecule has 0 bridgehead atoms. The van der Waals surface area contributed by atoms with Crippen LogP contribution in [-0.2, 0) is 4.74 Å². The third-order valence-electron chi connectivity index (χ3n) is 3.00. The number of rotatable bonds is 4. The molecule has 4 heteroatoms. The fourth-order valence-electron chi connectivity index (χ4n) is 1.78. The summed E-state index contributed by atoms with van der Waals surface area (Å²) in [5, 5.41) is 0. The maximum absolute atomic E-state index is 12.1. The van der Waals surface area contributed by atoms with Crippen LogP contribution in [0.1, 0.15) is 30.6 Å². The molecule has 18 heavy (non-hydrogen) atoms. The van der Waals surface area contributed by atoms with Gasteiger partial charge in [-0.2, -0.15) is 0 Å². The van der Waals surface area contributed by atoms with E-state index in [1.54, 1.807) is 25.3 Å². The number of fused-ring (bicyclic) bond motifs is 1. The largest absolute Gasteiger partial charge is 0.486 e. The first-order valence-electron chi connectivity index (χ1n) is 6.00. The van der Waals surface area contributed by atoms with Crippen LogP contribution < -0.4 is 9.47 Å². The van der Waals surface area contributed by atoms with Crippen molar-refractivity contribution in [1.82, 2.24) is 0 Å². The molecule has 1 aromatic rings. The molecule has 1 heterocycles. The van der Waals surface area contributed by atoms with Crippen LogP contribution in [0.5, 0.6) is 11.5 Å². The molecule has 0 spiro atoms. The van der Waals surface area contributed by atoms with Gasteiger partial charge in [-0.05, 0) is 32.0 Å². The lowest BCUT2D eigenvalue weighted by Gasteiger charge is -2.22. The van der Waals surface area contributed by atoms with E-state index in [1.807, 2.05) is 13.8 Å². The van der Waals surface area contributed by atoms with Gasteiger partial charge in [-0.1, -0.05) is 0 Å². The molecule has 2 rings (SSSR count). The highest BCUT2D eigenvalue weighted by molar-refractivity contribution is 5.97. The van der Waals surface area contributed by atoms with Gasteiger partial charge in [0.05, 0.1) is 5.60 Å². The van der Waals surface area contributed by atoms with E-state index in [1.165, 1.54) is 0 Å². The molecule has 0 fully saturated rings. The molecule has 0 amide bonds. The molecule has 1 aliphatic rings. The minimum atomic E-state index is -0.454. The van der Waals surface area contributed by atoms with E-state index in [4.69, 9.17) is 14.2 Å². The second kappa shape index (κ2) is 4.98. The van der Waals surface area contributed by atoms with Crippen molar-refractivity contribution in [2.75, 3.05) is 20.3 Å². The molecule has 0 aromatic heterocycles. The van der Waals surface area contributed by atoms with Crippen LogP contribution >= 0.6 is 0 Å². The Hall–Kier alpha value is -1.55. The van der Waals surface area contributed by atoms with Crippen molar-refractivity contribution in [2.45, 2.75) is 25.9 Å². The number of Topliss-reactive ketones (excluding diaryl/α,β-unsaturated/α-hetero) is 1. The van der Waals surface area contributed by atoms with Crippen LogP contribution in [0.3, 0.4) is 0 Å². The number of methoxy groups -OCH3 is 1. The number of ether oxygens (including phenoxy) is 3. The normalized spacial score (nSPS) is 14.4. The lowest BCUT2D eigenvalue weighted by Crippen LogP contribution is -2.26. The molecule has 0 radical (unpaired) electrons. The first kappa shape index (κ1) is 12.9. The molecular formula is C14H18O4. The summed E-state index contributed by atoms with van der Waals surface area (Å²) in [6.07, 6.45) is 0.336. The summed E-state index contributed by atoms with van der Waals surface area (Å²) in [7, 11) is 1.61. The van der Waals surface area contributed by atoms with Crippen LogP contribution in [-0.4, -0.2) is 31.7 Å². The molecule has 4 nitrogen and oxygen atoms in total. The minimum Gasteiger partial charge on any atom is -0.486 e. The summed E-state index contributed by atoms with van der Waals surface area (Å²) in [5.41, 5.74) is 0.175. The number of ketones is 1. The van der Waals surface area contributed by atoms with Crippen LogP contribution in [0.25, 0.3) is 0 Å². The molecule has 1 aliphatic heterocycles. The van der Waals surface area contributed by atoms with Crippen molar-refractivity contribution in [2.24, 2.45) is 0 Å². The summed E-state index contributed by atoms with van der Waals surface area (Å²) >= 11 is 0. The molecule has 0 saturated carbocycles. The van der Waals surface area contributed by atoms with Gasteiger partial charge in [-0.3, -0.25) is 4.79 Å². The molecule has 1 aromatic carbocycles. The van der Waals surface area contributed by atoms with E-state index in [0.29, 0.717) is 36.7 Å². The van der Waals surface area contributed by atoms with Gasteiger partial charge in [0.1, 0.15) is 13.2 Å². The maximum Gasteiger partial charge on any atom is 0.165 e. The Bertz CT molecular complexity index is 451. The van der Waals surface area contributed by atoms with Crippen molar-refractivity contribution in [3.05, 3.63) is 23.8 Å².